The van der Waals surface area contributed by atoms with Crippen LogP contribution in [0, 0.1) is 25.7 Å². The molecule has 2 bridgehead atoms. The molecule has 5 atom stereocenters. The molecule has 38 heavy (non-hydrogen) atoms. The lowest BCUT2D eigenvalue weighted by Gasteiger charge is -2.34. The molecule has 0 aliphatic carbocycles. The number of benzene rings is 2. The van der Waals surface area contributed by atoms with Gasteiger partial charge in [0.1, 0.15) is 11.8 Å². The lowest BCUT2D eigenvalue weighted by molar-refractivity contribution is -0.138. The Morgan fingerprint density at radius 1 is 1.13 bits per heavy atom. The third-order valence-corrected chi connectivity index (χ3v) is 9.94. The summed E-state index contributed by atoms with van der Waals surface area (Å²) in [5, 5.41) is 15.6. The van der Waals surface area contributed by atoms with Crippen molar-refractivity contribution in [2.75, 3.05) is 30.4 Å². The molecule has 8 nitrogen and oxygen atoms in total. The number of hydrogen-bond donors (Lipinski definition) is 3. The summed E-state index contributed by atoms with van der Waals surface area (Å²) in [6.45, 7) is 6.58. The zero-order valence-corrected chi connectivity index (χ0v) is 22.8. The number of aliphatic hydroxyl groups excluding tert-OH is 1. The summed E-state index contributed by atoms with van der Waals surface area (Å²) >= 11 is 1.63. The van der Waals surface area contributed by atoms with Gasteiger partial charge in [-0.25, -0.2) is 0 Å². The molecule has 9 heteroatoms. The second-order valence-corrected chi connectivity index (χ2v) is 12.0. The Bertz CT molecular complexity index is 1240. The number of nitrogens with one attached hydrogen (secondary N) is 2. The van der Waals surface area contributed by atoms with Crippen LogP contribution in [-0.4, -0.2) is 63.5 Å². The van der Waals surface area contributed by atoms with Crippen LogP contribution < -0.4 is 15.4 Å². The molecule has 3 amide bonds. The number of fused-ring (bicyclic) bond motifs is 1. The number of ether oxygens (including phenoxy) is 1. The molecular weight excluding hydrogens is 502 g/mol. The minimum atomic E-state index is -0.704. The minimum Gasteiger partial charge on any atom is -0.494 e. The van der Waals surface area contributed by atoms with Crippen molar-refractivity contribution in [3.05, 3.63) is 53.6 Å². The van der Waals surface area contributed by atoms with E-state index in [1.165, 1.54) is 0 Å². The fourth-order valence-corrected chi connectivity index (χ4v) is 8.55. The number of hydrogen-bond acceptors (Lipinski definition) is 6. The molecule has 1 spiro atoms. The number of thioether (sulfide) groups is 1. The number of carbonyl (C=O) groups excluding carboxylic acids is 3. The van der Waals surface area contributed by atoms with Crippen molar-refractivity contribution < 1.29 is 24.2 Å². The first-order valence-corrected chi connectivity index (χ1v) is 14.2. The van der Waals surface area contributed by atoms with Gasteiger partial charge in [-0.05, 0) is 81.5 Å². The van der Waals surface area contributed by atoms with Crippen LogP contribution in [0.5, 0.6) is 5.75 Å². The van der Waals surface area contributed by atoms with Crippen molar-refractivity contribution in [2.24, 2.45) is 11.8 Å². The molecule has 2 aromatic rings. The standard InChI is InChI=1S/C29H35N3O5S/c1-4-37-20-10-8-19(9-11-20)30-26(34)23-22-12-13-29(38-22)24(23)28(36)32(14-5-15-33)25(29)27(35)31-21-16-17(2)6-7-18(21)3/h6-11,16,22-25,33H,4-5,12-15H2,1-3H3,(H,30,34)(H,31,35)/t22-,23+,24-,25?,29?/m0/s1. The van der Waals surface area contributed by atoms with Crippen molar-refractivity contribution in [3.63, 3.8) is 0 Å². The monoisotopic (exact) mass is 537 g/mol. The van der Waals surface area contributed by atoms with Crippen LogP contribution in [0.25, 0.3) is 0 Å². The second-order valence-electron chi connectivity index (χ2n) is 10.4. The summed E-state index contributed by atoms with van der Waals surface area (Å²) in [5.41, 5.74) is 3.35. The van der Waals surface area contributed by atoms with Crippen LogP contribution in [-0.2, 0) is 14.4 Å². The zero-order valence-electron chi connectivity index (χ0n) is 22.0. The molecule has 0 saturated carbocycles. The van der Waals surface area contributed by atoms with E-state index in [4.69, 9.17) is 4.74 Å². The third kappa shape index (κ3) is 4.56. The van der Waals surface area contributed by atoms with E-state index in [-0.39, 0.29) is 36.1 Å². The molecule has 3 heterocycles. The Kier molecular flexibility index (Phi) is 7.42. The number of carbonyl (C=O) groups is 3. The lowest BCUT2D eigenvalue weighted by Crippen LogP contribution is -2.51. The summed E-state index contributed by atoms with van der Waals surface area (Å²) in [4.78, 5) is 43.0. The van der Waals surface area contributed by atoms with Gasteiger partial charge in [0.05, 0.1) is 23.2 Å². The smallest absolute Gasteiger partial charge is 0.248 e. The van der Waals surface area contributed by atoms with Gasteiger partial charge in [-0.2, -0.15) is 0 Å². The van der Waals surface area contributed by atoms with Crippen molar-refractivity contribution in [3.8, 4) is 5.75 Å². The first-order chi connectivity index (χ1) is 18.3. The third-order valence-electron chi connectivity index (χ3n) is 7.99. The number of likely N-dealkylation sites (tertiary alicyclic amines) is 1. The van der Waals surface area contributed by atoms with E-state index in [2.05, 4.69) is 10.6 Å². The molecule has 5 rings (SSSR count). The van der Waals surface area contributed by atoms with E-state index in [1.54, 1.807) is 40.9 Å². The molecule has 3 saturated heterocycles. The second kappa shape index (κ2) is 10.6. The van der Waals surface area contributed by atoms with Gasteiger partial charge in [-0.1, -0.05) is 12.1 Å². The average Bonchev–Trinajstić information content (AvgIpc) is 3.53. The largest absolute Gasteiger partial charge is 0.494 e. The zero-order chi connectivity index (χ0) is 27.0. The molecule has 0 radical (unpaired) electrons. The van der Waals surface area contributed by atoms with E-state index in [9.17, 15) is 19.5 Å². The van der Waals surface area contributed by atoms with Gasteiger partial charge in [0, 0.05) is 29.8 Å². The van der Waals surface area contributed by atoms with Crippen molar-refractivity contribution in [1.82, 2.24) is 4.90 Å². The highest BCUT2D eigenvalue weighted by molar-refractivity contribution is 8.02. The molecule has 3 fully saturated rings. The molecule has 2 aromatic carbocycles. The molecule has 3 aliphatic heterocycles. The number of nitrogens with zero attached hydrogens (tertiary/aromatic N) is 1. The Morgan fingerprint density at radius 2 is 1.89 bits per heavy atom. The van der Waals surface area contributed by atoms with Gasteiger partial charge >= 0.3 is 0 Å². The Morgan fingerprint density at radius 3 is 2.61 bits per heavy atom. The Labute approximate surface area is 227 Å². The first kappa shape index (κ1) is 26.6. The minimum absolute atomic E-state index is 0.0253. The fraction of sp³-hybridized carbons (Fsp3) is 0.483. The van der Waals surface area contributed by atoms with E-state index < -0.39 is 22.6 Å². The highest BCUT2D eigenvalue weighted by Gasteiger charge is 2.73. The van der Waals surface area contributed by atoms with Crippen LogP contribution in [0.3, 0.4) is 0 Å². The maximum absolute atomic E-state index is 13.9. The van der Waals surface area contributed by atoms with Gasteiger partial charge in [-0.3, -0.25) is 14.4 Å². The van der Waals surface area contributed by atoms with Gasteiger partial charge in [0.25, 0.3) is 0 Å². The van der Waals surface area contributed by atoms with Crippen LogP contribution >= 0.6 is 11.8 Å². The van der Waals surface area contributed by atoms with E-state index in [1.807, 2.05) is 39.0 Å². The average molecular weight is 538 g/mol. The highest BCUT2D eigenvalue weighted by Crippen LogP contribution is 2.66. The van der Waals surface area contributed by atoms with Gasteiger partial charge in [0.15, 0.2) is 0 Å². The fourth-order valence-electron chi connectivity index (χ4n) is 6.33. The summed E-state index contributed by atoms with van der Waals surface area (Å²) < 4.78 is 4.82. The topological polar surface area (TPSA) is 108 Å². The van der Waals surface area contributed by atoms with Crippen molar-refractivity contribution in [1.29, 1.82) is 0 Å². The molecule has 2 unspecified atom stereocenters. The normalized spacial score (nSPS) is 27.4. The highest BCUT2D eigenvalue weighted by atomic mass is 32.2. The van der Waals surface area contributed by atoms with Gasteiger partial charge < -0.3 is 25.4 Å². The number of aryl methyl sites for hydroxylation is 2. The van der Waals surface area contributed by atoms with Gasteiger partial charge in [-0.15, -0.1) is 11.8 Å². The number of rotatable bonds is 9. The summed E-state index contributed by atoms with van der Waals surface area (Å²) in [6, 6.07) is 12.4. The summed E-state index contributed by atoms with van der Waals surface area (Å²) in [5.74, 6) is -0.966. The molecule has 3 N–H and O–H groups in total. The molecular formula is C29H35N3O5S. The summed E-state index contributed by atoms with van der Waals surface area (Å²) in [7, 11) is 0. The summed E-state index contributed by atoms with van der Waals surface area (Å²) in [6.07, 6.45) is 1.85. The Hall–Kier alpha value is -3.04. The number of amides is 3. The lowest BCUT2D eigenvalue weighted by atomic mass is 9.70. The van der Waals surface area contributed by atoms with E-state index in [0.717, 1.165) is 29.0 Å². The van der Waals surface area contributed by atoms with E-state index >= 15 is 0 Å². The predicted octanol–water partition coefficient (Wildman–Crippen LogP) is 3.75. The Balaban J connectivity index is 1.42. The van der Waals surface area contributed by atoms with Crippen molar-refractivity contribution >= 4 is 40.9 Å². The first-order valence-electron chi connectivity index (χ1n) is 13.3. The number of anilines is 2. The maximum atomic E-state index is 13.9. The molecule has 202 valence electrons. The van der Waals surface area contributed by atoms with E-state index in [0.29, 0.717) is 25.1 Å². The molecule has 3 aliphatic rings. The predicted molar refractivity (Wildman–Crippen MR) is 148 cm³/mol. The van der Waals surface area contributed by atoms with Crippen molar-refractivity contribution in [2.45, 2.75) is 56.1 Å². The van der Waals surface area contributed by atoms with Gasteiger partial charge in [0.2, 0.25) is 17.7 Å². The van der Waals surface area contributed by atoms with Crippen LogP contribution in [0.1, 0.15) is 37.3 Å². The number of aliphatic hydroxyl groups is 1. The van der Waals surface area contributed by atoms with Crippen LogP contribution in [0.15, 0.2) is 42.5 Å². The van der Waals surface area contributed by atoms with Crippen LogP contribution in [0.2, 0.25) is 0 Å². The SMILES string of the molecule is CCOc1ccc(NC(=O)[C@@H]2[C@@H]3CCC4(S3)C(C(=O)Nc3cc(C)ccc3C)N(CCCO)C(=O)[C@H]24)cc1. The molecule has 0 aromatic heterocycles. The quantitative estimate of drug-likeness (QED) is 0.450. The maximum Gasteiger partial charge on any atom is 0.248 e. The van der Waals surface area contributed by atoms with Crippen LogP contribution in [0.4, 0.5) is 11.4 Å².